The molecule has 2 aromatic heterocycles. The minimum Gasteiger partial charge on any atom is -0.428 e. The minimum absolute atomic E-state index is 0.260. The first-order valence-corrected chi connectivity index (χ1v) is 9.69. The number of carbonyl (C=O) groups excluding carboxylic acids is 1. The number of nitrogens with two attached hydrogens (primary N) is 1. The van der Waals surface area contributed by atoms with Gasteiger partial charge in [-0.1, -0.05) is 0 Å². The number of hydrogen-bond donors (Lipinski definition) is 2. The number of fused-ring (bicyclic) bond motifs is 1. The van der Waals surface area contributed by atoms with Crippen molar-refractivity contribution in [1.82, 2.24) is 14.5 Å². The first-order chi connectivity index (χ1) is 13.5. The van der Waals surface area contributed by atoms with E-state index in [9.17, 15) is 9.90 Å². The van der Waals surface area contributed by atoms with Crippen molar-refractivity contribution in [3.05, 3.63) is 16.1 Å². The van der Waals surface area contributed by atoms with Crippen molar-refractivity contribution < 1.29 is 33.2 Å². The van der Waals surface area contributed by atoms with Crippen LogP contribution in [0.25, 0.3) is 11.0 Å². The van der Waals surface area contributed by atoms with Crippen LogP contribution in [0.4, 0.5) is 15.0 Å². The molecule has 12 heteroatoms. The number of hydrogen-bond acceptors (Lipinski definition) is 9. The molecule has 0 saturated carbocycles. The van der Waals surface area contributed by atoms with Crippen molar-refractivity contribution >= 4 is 45.6 Å². The molecule has 4 heterocycles. The number of anilines is 1. The van der Waals surface area contributed by atoms with Crippen LogP contribution in [0.3, 0.4) is 0 Å². The monoisotopic (exact) mass is 508 g/mol. The molecule has 10 nitrogen and oxygen atoms in total. The lowest BCUT2D eigenvalue weighted by atomic mass is 10.1. The summed E-state index contributed by atoms with van der Waals surface area (Å²) < 4.78 is 38.4. The molecule has 2 saturated heterocycles. The maximum atomic E-state index is 15.2. The molecule has 0 bridgehead atoms. The molecule has 0 aliphatic carbocycles. The van der Waals surface area contributed by atoms with Crippen LogP contribution in [0, 0.1) is 3.57 Å². The van der Waals surface area contributed by atoms with Crippen molar-refractivity contribution in [1.29, 1.82) is 0 Å². The van der Waals surface area contributed by atoms with Gasteiger partial charge >= 0.3 is 6.16 Å². The van der Waals surface area contributed by atoms with Gasteiger partial charge in [0.1, 0.15) is 30.0 Å². The number of nitrogen functional groups attached to an aromatic ring is 1. The fourth-order valence-electron chi connectivity index (χ4n) is 3.34. The first kappa shape index (κ1) is 19.5. The molecule has 5 atom stereocenters. The molecule has 4 rings (SSSR count). The third-order valence-corrected chi connectivity index (χ3v) is 5.51. The Morgan fingerprint density at radius 1 is 1.46 bits per heavy atom. The van der Waals surface area contributed by atoms with Crippen molar-refractivity contribution in [2.24, 2.45) is 0 Å². The van der Waals surface area contributed by atoms with E-state index in [0.717, 1.165) is 0 Å². The maximum Gasteiger partial charge on any atom is 0.509 e. The predicted molar refractivity (Wildman–Crippen MR) is 101 cm³/mol. The van der Waals surface area contributed by atoms with E-state index >= 15 is 4.39 Å². The topological polar surface area (TPSA) is 131 Å². The molecule has 3 N–H and O–H groups in total. The van der Waals surface area contributed by atoms with Crippen molar-refractivity contribution in [3.8, 4) is 0 Å². The highest BCUT2D eigenvalue weighted by molar-refractivity contribution is 14.1. The van der Waals surface area contributed by atoms with E-state index in [-0.39, 0.29) is 12.4 Å². The van der Waals surface area contributed by atoms with E-state index in [4.69, 9.17) is 24.7 Å². The zero-order chi connectivity index (χ0) is 19.8. The smallest absolute Gasteiger partial charge is 0.428 e. The second-order valence-electron chi connectivity index (χ2n) is 6.47. The Labute approximate surface area is 172 Å². The Bertz CT molecular complexity index is 876. The van der Waals surface area contributed by atoms with Gasteiger partial charge in [0.05, 0.1) is 25.2 Å². The molecule has 0 aromatic carbocycles. The second-order valence-corrected chi connectivity index (χ2v) is 7.63. The van der Waals surface area contributed by atoms with Crippen LogP contribution in [0.1, 0.15) is 12.6 Å². The second kappa shape index (κ2) is 7.93. The zero-order valence-electron chi connectivity index (χ0n) is 14.5. The number of halogens is 2. The molecule has 0 radical (unpaired) electrons. The summed E-state index contributed by atoms with van der Waals surface area (Å²) in [5, 5.41) is 10.2. The van der Waals surface area contributed by atoms with Gasteiger partial charge in [-0.2, -0.15) is 0 Å². The van der Waals surface area contributed by atoms with Gasteiger partial charge in [-0.3, -0.25) is 0 Å². The minimum atomic E-state index is -1.76. The number of alkyl halides is 1. The summed E-state index contributed by atoms with van der Waals surface area (Å²) in [6, 6.07) is 0. The molecule has 0 amide bonds. The van der Waals surface area contributed by atoms with Crippen molar-refractivity contribution in [3.63, 3.8) is 0 Å². The Morgan fingerprint density at radius 2 is 2.29 bits per heavy atom. The molecule has 2 aliphatic rings. The van der Waals surface area contributed by atoms with Gasteiger partial charge in [0.15, 0.2) is 18.5 Å². The first-order valence-electron chi connectivity index (χ1n) is 8.61. The Hall–Kier alpha value is -1.77. The Kier molecular flexibility index (Phi) is 5.53. The van der Waals surface area contributed by atoms with E-state index in [1.165, 1.54) is 10.9 Å². The summed E-state index contributed by atoms with van der Waals surface area (Å²) in [7, 11) is 0. The van der Waals surface area contributed by atoms with E-state index in [1.807, 2.05) is 22.6 Å². The lowest BCUT2D eigenvalue weighted by Crippen LogP contribution is -2.37. The van der Waals surface area contributed by atoms with Gasteiger partial charge in [-0.05, 0) is 22.6 Å². The Balaban J connectivity index is 1.55. The average Bonchev–Trinajstić information content (AvgIpc) is 3.36. The van der Waals surface area contributed by atoms with E-state index in [1.54, 1.807) is 6.20 Å². The lowest BCUT2D eigenvalue weighted by molar-refractivity contribution is -0.0606. The van der Waals surface area contributed by atoms with Gasteiger partial charge in [0.2, 0.25) is 0 Å². The molecule has 2 aromatic rings. The van der Waals surface area contributed by atoms with E-state index < -0.39 is 43.5 Å². The molecule has 152 valence electrons. The number of aromatic nitrogens is 3. The number of carbonyl (C=O) groups is 1. The quantitative estimate of drug-likeness (QED) is 0.462. The maximum absolute atomic E-state index is 15.2. The van der Waals surface area contributed by atoms with Gasteiger partial charge < -0.3 is 34.4 Å². The standard InChI is InChI=1S/C16H18FIN4O6/c17-11-12(28-16(24)26-7-1-2-25-5-7)9(4-23)27-15(11)22-3-8(18)10-13(19)20-6-21-14(10)22/h3,6-7,9,11-12,15,23H,1-2,4-5H2,(H2,19,20,21)/t7?,9-,11+,12-,15-/m1/s1. The van der Waals surface area contributed by atoms with E-state index in [2.05, 4.69) is 9.97 Å². The van der Waals surface area contributed by atoms with Crippen LogP contribution in [0.5, 0.6) is 0 Å². The van der Waals surface area contributed by atoms with Gasteiger partial charge in [0, 0.05) is 16.2 Å². The Morgan fingerprint density at radius 3 is 3.00 bits per heavy atom. The predicted octanol–water partition coefficient (Wildman–Crippen LogP) is 1.16. The number of aliphatic hydroxyl groups excluding tert-OH is 1. The summed E-state index contributed by atoms with van der Waals surface area (Å²) in [5.74, 6) is 0.260. The molecular formula is C16H18FIN4O6. The molecule has 2 aliphatic heterocycles. The normalized spacial score (nSPS) is 30.0. The highest BCUT2D eigenvalue weighted by atomic mass is 127. The summed E-state index contributed by atoms with van der Waals surface area (Å²) in [6.07, 6.45) is -3.31. The SMILES string of the molecule is Nc1ncnc2c1c(I)cn2[C@@H]1O[C@H](CO)[C@@H](OC(=O)OC2CCOC2)[C@@H]1F. The highest BCUT2D eigenvalue weighted by Crippen LogP contribution is 2.37. The summed E-state index contributed by atoms with van der Waals surface area (Å²) >= 11 is 2.04. The van der Waals surface area contributed by atoms with Crippen LogP contribution in [0.2, 0.25) is 0 Å². The summed E-state index contributed by atoms with van der Waals surface area (Å²) in [5.41, 5.74) is 6.27. The lowest BCUT2D eigenvalue weighted by Gasteiger charge is -2.19. The molecule has 2 fully saturated rings. The zero-order valence-corrected chi connectivity index (χ0v) is 16.7. The van der Waals surface area contributed by atoms with Gasteiger partial charge in [-0.15, -0.1) is 0 Å². The van der Waals surface area contributed by atoms with Crippen LogP contribution in [-0.2, 0) is 18.9 Å². The number of rotatable bonds is 4. The fraction of sp³-hybridized carbons (Fsp3) is 0.562. The van der Waals surface area contributed by atoms with Gasteiger partial charge in [0.25, 0.3) is 0 Å². The number of ether oxygens (including phenoxy) is 4. The number of aliphatic hydroxyl groups is 1. The summed E-state index contributed by atoms with van der Waals surface area (Å²) in [4.78, 5) is 20.1. The molecule has 28 heavy (non-hydrogen) atoms. The van der Waals surface area contributed by atoms with Crippen LogP contribution in [-0.4, -0.2) is 70.1 Å². The average molecular weight is 508 g/mol. The largest absolute Gasteiger partial charge is 0.509 e. The fourth-order valence-corrected chi connectivity index (χ4v) is 4.16. The highest BCUT2D eigenvalue weighted by Gasteiger charge is 2.49. The van der Waals surface area contributed by atoms with Crippen LogP contribution < -0.4 is 5.73 Å². The van der Waals surface area contributed by atoms with E-state index in [0.29, 0.717) is 27.6 Å². The van der Waals surface area contributed by atoms with Crippen LogP contribution >= 0.6 is 22.6 Å². The number of nitrogens with zero attached hydrogens (tertiary/aromatic N) is 3. The molecule has 0 spiro atoms. The van der Waals surface area contributed by atoms with Crippen molar-refractivity contribution in [2.75, 3.05) is 25.6 Å². The third-order valence-electron chi connectivity index (χ3n) is 4.70. The van der Waals surface area contributed by atoms with Crippen LogP contribution in [0.15, 0.2) is 12.5 Å². The van der Waals surface area contributed by atoms with Gasteiger partial charge in [-0.25, -0.2) is 19.2 Å². The molecule has 1 unspecified atom stereocenters. The van der Waals surface area contributed by atoms with Crippen molar-refractivity contribution in [2.45, 2.75) is 37.1 Å². The molecular weight excluding hydrogens is 490 g/mol. The summed E-state index contributed by atoms with van der Waals surface area (Å²) in [6.45, 7) is 0.229. The third kappa shape index (κ3) is 3.49.